The summed E-state index contributed by atoms with van der Waals surface area (Å²) < 4.78 is 13.7. The van der Waals surface area contributed by atoms with Gasteiger partial charge in [-0.05, 0) is 37.6 Å². The number of nitrogens with zero attached hydrogens (tertiary/aromatic N) is 2. The second kappa shape index (κ2) is 8.14. The van der Waals surface area contributed by atoms with Crippen LogP contribution in [0.3, 0.4) is 0 Å². The lowest BCUT2D eigenvalue weighted by molar-refractivity contribution is 0.0945. The maximum absolute atomic E-state index is 13.7. The van der Waals surface area contributed by atoms with Crippen molar-refractivity contribution in [3.05, 3.63) is 82.0 Å². The lowest BCUT2D eigenvalue weighted by Gasteiger charge is -2.12. The number of aromatic nitrogens is 2. The number of benzene rings is 2. The van der Waals surface area contributed by atoms with E-state index in [-0.39, 0.29) is 18.1 Å². The number of halogens is 2. The fourth-order valence-electron chi connectivity index (χ4n) is 2.54. The first-order valence-electron chi connectivity index (χ1n) is 8.33. The number of amides is 1. The lowest BCUT2D eigenvalue weighted by atomic mass is 10.2. The molecule has 7 heteroatoms. The first kappa shape index (κ1) is 18.8. The maximum Gasteiger partial charge on any atom is 0.270 e. The van der Waals surface area contributed by atoms with E-state index in [0.717, 1.165) is 11.3 Å². The highest BCUT2D eigenvalue weighted by atomic mass is 35.5. The molecule has 0 atom stereocenters. The summed E-state index contributed by atoms with van der Waals surface area (Å²) in [5.41, 5.74) is 2.27. The molecule has 0 spiro atoms. The van der Waals surface area contributed by atoms with Crippen LogP contribution in [0.25, 0.3) is 0 Å². The van der Waals surface area contributed by atoms with Crippen LogP contribution in [0.5, 0.6) is 0 Å². The van der Waals surface area contributed by atoms with E-state index in [2.05, 4.69) is 20.6 Å². The van der Waals surface area contributed by atoms with E-state index in [1.54, 1.807) is 37.3 Å². The summed E-state index contributed by atoms with van der Waals surface area (Å²) in [4.78, 5) is 20.9. The topological polar surface area (TPSA) is 66.9 Å². The molecule has 0 aliphatic carbocycles. The summed E-state index contributed by atoms with van der Waals surface area (Å²) in [5, 5.41) is 6.47. The molecule has 0 aliphatic rings. The van der Waals surface area contributed by atoms with E-state index in [1.165, 1.54) is 6.07 Å². The van der Waals surface area contributed by atoms with Gasteiger partial charge in [-0.25, -0.2) is 14.4 Å². The molecule has 0 unspecified atom stereocenters. The molecule has 1 aromatic heterocycles. The standard InChI is InChI=1S/C20H18ClFN4O/c1-12-15(21)7-5-9-17(12)26-19-10-18(24-13(2)25-19)20(27)23-11-14-6-3-4-8-16(14)22/h3-10H,11H2,1-2H3,(H,23,27)(H,24,25,26). The second-order valence-corrected chi connectivity index (χ2v) is 6.40. The number of aryl methyl sites for hydroxylation is 1. The second-order valence-electron chi connectivity index (χ2n) is 6.00. The third-order valence-electron chi connectivity index (χ3n) is 4.00. The van der Waals surface area contributed by atoms with Gasteiger partial charge < -0.3 is 10.6 Å². The summed E-state index contributed by atoms with van der Waals surface area (Å²) in [7, 11) is 0. The third kappa shape index (κ3) is 4.60. The summed E-state index contributed by atoms with van der Waals surface area (Å²) in [6.07, 6.45) is 0. The fourth-order valence-corrected chi connectivity index (χ4v) is 2.71. The fraction of sp³-hybridized carbons (Fsp3) is 0.150. The number of anilines is 2. The molecule has 1 amide bonds. The smallest absolute Gasteiger partial charge is 0.270 e. The van der Waals surface area contributed by atoms with Gasteiger partial charge in [0.1, 0.15) is 23.2 Å². The average molecular weight is 385 g/mol. The van der Waals surface area contributed by atoms with Crippen LogP contribution in [0.15, 0.2) is 48.5 Å². The van der Waals surface area contributed by atoms with Gasteiger partial charge in [-0.3, -0.25) is 4.79 Å². The van der Waals surface area contributed by atoms with Gasteiger partial charge in [0.05, 0.1) is 0 Å². The minimum absolute atomic E-state index is 0.0741. The average Bonchev–Trinajstić information content (AvgIpc) is 2.64. The molecule has 1 heterocycles. The Morgan fingerprint density at radius 2 is 1.89 bits per heavy atom. The van der Waals surface area contributed by atoms with Crippen LogP contribution in [-0.2, 0) is 6.54 Å². The van der Waals surface area contributed by atoms with Crippen molar-refractivity contribution < 1.29 is 9.18 Å². The zero-order valence-electron chi connectivity index (χ0n) is 14.9. The van der Waals surface area contributed by atoms with Gasteiger partial charge in [-0.1, -0.05) is 35.9 Å². The molecule has 5 nitrogen and oxygen atoms in total. The van der Waals surface area contributed by atoms with Crippen LogP contribution in [0, 0.1) is 19.7 Å². The van der Waals surface area contributed by atoms with Crippen molar-refractivity contribution in [1.29, 1.82) is 0 Å². The van der Waals surface area contributed by atoms with Gasteiger partial charge >= 0.3 is 0 Å². The van der Waals surface area contributed by atoms with Crippen molar-refractivity contribution in [2.24, 2.45) is 0 Å². The van der Waals surface area contributed by atoms with Crippen molar-refractivity contribution in [2.75, 3.05) is 5.32 Å². The van der Waals surface area contributed by atoms with E-state index in [1.807, 2.05) is 19.1 Å². The SMILES string of the molecule is Cc1nc(Nc2cccc(Cl)c2C)cc(C(=O)NCc2ccccc2F)n1. The molecular weight excluding hydrogens is 367 g/mol. The molecule has 2 N–H and O–H groups in total. The number of hydrogen-bond donors (Lipinski definition) is 2. The Morgan fingerprint density at radius 3 is 2.67 bits per heavy atom. The summed E-state index contributed by atoms with van der Waals surface area (Å²) >= 11 is 6.14. The van der Waals surface area contributed by atoms with Crippen molar-refractivity contribution in [1.82, 2.24) is 15.3 Å². The highest BCUT2D eigenvalue weighted by Gasteiger charge is 2.12. The van der Waals surface area contributed by atoms with Crippen molar-refractivity contribution >= 4 is 29.0 Å². The molecule has 3 aromatic rings. The first-order chi connectivity index (χ1) is 12.9. The Hall–Kier alpha value is -2.99. The van der Waals surface area contributed by atoms with Crippen LogP contribution in [0.4, 0.5) is 15.9 Å². The molecule has 0 bridgehead atoms. The molecule has 3 rings (SSSR count). The normalized spacial score (nSPS) is 10.5. The summed E-state index contributed by atoms with van der Waals surface area (Å²) in [5.74, 6) is 0.143. The zero-order chi connectivity index (χ0) is 19.4. The monoisotopic (exact) mass is 384 g/mol. The van der Waals surface area contributed by atoms with E-state index >= 15 is 0 Å². The van der Waals surface area contributed by atoms with E-state index in [0.29, 0.717) is 22.2 Å². The van der Waals surface area contributed by atoms with Crippen LogP contribution in [-0.4, -0.2) is 15.9 Å². The Kier molecular flexibility index (Phi) is 5.66. The number of carbonyl (C=O) groups is 1. The zero-order valence-corrected chi connectivity index (χ0v) is 15.6. The molecule has 2 aromatic carbocycles. The van der Waals surface area contributed by atoms with Gasteiger partial charge in [0.25, 0.3) is 5.91 Å². The van der Waals surface area contributed by atoms with Crippen molar-refractivity contribution in [3.63, 3.8) is 0 Å². The quantitative estimate of drug-likeness (QED) is 0.676. The third-order valence-corrected chi connectivity index (χ3v) is 4.41. The number of rotatable bonds is 5. The molecule has 0 aliphatic heterocycles. The van der Waals surface area contributed by atoms with Gasteiger partial charge in [-0.15, -0.1) is 0 Å². The van der Waals surface area contributed by atoms with Crippen LogP contribution in [0.2, 0.25) is 5.02 Å². The minimum Gasteiger partial charge on any atom is -0.347 e. The predicted molar refractivity (Wildman–Crippen MR) is 104 cm³/mol. The molecule has 0 fully saturated rings. The first-order valence-corrected chi connectivity index (χ1v) is 8.71. The van der Waals surface area contributed by atoms with Crippen LogP contribution >= 0.6 is 11.6 Å². The van der Waals surface area contributed by atoms with Gasteiger partial charge in [-0.2, -0.15) is 0 Å². The van der Waals surface area contributed by atoms with Gasteiger partial charge in [0.15, 0.2) is 0 Å². The Morgan fingerprint density at radius 1 is 1.11 bits per heavy atom. The highest BCUT2D eigenvalue weighted by molar-refractivity contribution is 6.31. The lowest BCUT2D eigenvalue weighted by Crippen LogP contribution is -2.25. The highest BCUT2D eigenvalue weighted by Crippen LogP contribution is 2.25. The Labute approximate surface area is 161 Å². The van der Waals surface area contributed by atoms with Crippen molar-refractivity contribution in [3.8, 4) is 0 Å². The van der Waals surface area contributed by atoms with Gasteiger partial charge in [0, 0.05) is 28.9 Å². The number of hydrogen-bond acceptors (Lipinski definition) is 4. The summed E-state index contributed by atoms with van der Waals surface area (Å²) in [6, 6.07) is 13.3. The predicted octanol–water partition coefficient (Wildman–Crippen LogP) is 4.56. The molecular formula is C20H18ClFN4O. The maximum atomic E-state index is 13.7. The Balaban J connectivity index is 1.77. The van der Waals surface area contributed by atoms with Crippen LogP contribution < -0.4 is 10.6 Å². The van der Waals surface area contributed by atoms with Gasteiger partial charge in [0.2, 0.25) is 0 Å². The number of carbonyl (C=O) groups excluding carboxylic acids is 1. The molecule has 27 heavy (non-hydrogen) atoms. The summed E-state index contributed by atoms with van der Waals surface area (Å²) in [6.45, 7) is 3.66. The number of nitrogens with one attached hydrogen (secondary N) is 2. The largest absolute Gasteiger partial charge is 0.347 e. The van der Waals surface area contributed by atoms with E-state index in [9.17, 15) is 9.18 Å². The molecule has 0 saturated heterocycles. The Bertz CT molecular complexity index is 993. The van der Waals surface area contributed by atoms with Crippen LogP contribution in [0.1, 0.15) is 27.4 Å². The molecule has 138 valence electrons. The van der Waals surface area contributed by atoms with Crippen molar-refractivity contribution in [2.45, 2.75) is 20.4 Å². The van der Waals surface area contributed by atoms with E-state index < -0.39 is 5.91 Å². The molecule has 0 radical (unpaired) electrons. The van der Waals surface area contributed by atoms with E-state index in [4.69, 9.17) is 11.6 Å². The minimum atomic E-state index is -0.408. The molecule has 0 saturated carbocycles.